The Labute approximate surface area is 47.1 Å². The van der Waals surface area contributed by atoms with Gasteiger partial charge in [0.1, 0.15) is 0 Å². The number of hydrogen-bond acceptors (Lipinski definition) is 1. The Hall–Kier alpha value is -0.300. The minimum absolute atomic E-state index is 0. The maximum absolute atomic E-state index is 3.61. The Balaban J connectivity index is 0. The molecule has 0 atom stereocenters. The molecule has 0 saturated carbocycles. The molecule has 0 aliphatic rings. The summed E-state index contributed by atoms with van der Waals surface area (Å²) in [6.45, 7) is 4.72. The van der Waals surface area contributed by atoms with Crippen LogP contribution in [0.1, 0.15) is 7.85 Å². The molecule has 0 N–H and O–H groups in total. The van der Waals surface area contributed by atoms with Crippen LogP contribution in [0.2, 0.25) is 0 Å². The first-order chi connectivity index (χ1) is 3.27. The maximum Gasteiger partial charge on any atom is 0.000970 e. The van der Waals surface area contributed by atoms with Crippen molar-refractivity contribution in [2.75, 3.05) is 20.6 Å². The third-order valence-electron chi connectivity index (χ3n) is 0.780. The molecule has 1 heteroatoms. The van der Waals surface area contributed by atoms with Crippen LogP contribution in [-0.4, -0.2) is 25.5 Å². The summed E-state index contributed by atoms with van der Waals surface area (Å²) in [5, 5.41) is 0. The van der Waals surface area contributed by atoms with Gasteiger partial charge in [0.05, 0.1) is 0 Å². The molecule has 44 valence electrons. The fraction of sp³-hybridized carbons (Fsp3) is 0.667. The predicted octanol–water partition coefficient (Wildman–Crippen LogP) is 1.37. The van der Waals surface area contributed by atoms with E-state index in [-0.39, 0.29) is 1.43 Å². The van der Waals surface area contributed by atoms with Crippen molar-refractivity contribution in [3.8, 4) is 0 Å². The average molecular weight is 101 g/mol. The normalized spacial score (nSPS) is 9.57. The Kier molecular flexibility index (Phi) is 3.71. The van der Waals surface area contributed by atoms with E-state index in [0.29, 0.717) is 0 Å². The van der Waals surface area contributed by atoms with Crippen molar-refractivity contribution in [2.45, 2.75) is 6.42 Å². The van der Waals surface area contributed by atoms with Gasteiger partial charge in [-0.2, -0.15) is 0 Å². The van der Waals surface area contributed by atoms with Crippen molar-refractivity contribution >= 4 is 0 Å². The first-order valence-electron chi connectivity index (χ1n) is 2.53. The van der Waals surface area contributed by atoms with Crippen molar-refractivity contribution < 1.29 is 1.43 Å². The second-order valence-electron chi connectivity index (χ2n) is 1.88. The molecule has 0 heterocycles. The van der Waals surface area contributed by atoms with Gasteiger partial charge in [0, 0.05) is 7.97 Å². The quantitative estimate of drug-likeness (QED) is 0.485. The molecular formula is C6H15N. The first kappa shape index (κ1) is 6.70. The van der Waals surface area contributed by atoms with Crippen LogP contribution in [0, 0.1) is 0 Å². The Morgan fingerprint density at radius 2 is 2.29 bits per heavy atom. The SMILES string of the molecule is C=CCCN(C)C.[HH]. The van der Waals surface area contributed by atoms with Crippen molar-refractivity contribution in [3.05, 3.63) is 12.7 Å². The highest BCUT2D eigenvalue weighted by Gasteiger charge is 1.81. The largest absolute Gasteiger partial charge is 0.309 e. The van der Waals surface area contributed by atoms with Crippen molar-refractivity contribution in [1.29, 1.82) is 0 Å². The van der Waals surface area contributed by atoms with E-state index >= 15 is 0 Å². The summed E-state index contributed by atoms with van der Waals surface area (Å²) in [7, 11) is 4.12. The van der Waals surface area contributed by atoms with Gasteiger partial charge in [-0.3, -0.25) is 0 Å². The molecule has 0 fully saturated rings. The fourth-order valence-corrected chi connectivity index (χ4v) is 0.349. The second kappa shape index (κ2) is 3.88. The Morgan fingerprint density at radius 1 is 1.71 bits per heavy atom. The van der Waals surface area contributed by atoms with Crippen molar-refractivity contribution in [1.82, 2.24) is 4.90 Å². The smallest absolute Gasteiger partial charge is 0.000970 e. The summed E-state index contributed by atoms with van der Waals surface area (Å²) in [4.78, 5) is 2.14. The minimum Gasteiger partial charge on any atom is -0.309 e. The molecule has 0 radical (unpaired) electrons. The zero-order valence-electron chi connectivity index (χ0n) is 5.15. The van der Waals surface area contributed by atoms with Crippen molar-refractivity contribution in [3.63, 3.8) is 0 Å². The summed E-state index contributed by atoms with van der Waals surface area (Å²) < 4.78 is 0. The second-order valence-corrected chi connectivity index (χ2v) is 1.88. The van der Waals surface area contributed by atoms with E-state index in [4.69, 9.17) is 0 Å². The third kappa shape index (κ3) is 5.70. The lowest BCUT2D eigenvalue weighted by Gasteiger charge is -2.04. The Bertz CT molecular complexity index is 52.5. The molecule has 0 spiro atoms. The van der Waals surface area contributed by atoms with Gasteiger partial charge < -0.3 is 4.90 Å². The summed E-state index contributed by atoms with van der Waals surface area (Å²) in [5.41, 5.74) is 0. The zero-order valence-corrected chi connectivity index (χ0v) is 5.15. The molecule has 0 rings (SSSR count). The van der Waals surface area contributed by atoms with Crippen LogP contribution in [0.25, 0.3) is 0 Å². The summed E-state index contributed by atoms with van der Waals surface area (Å²) in [5.74, 6) is 0. The monoisotopic (exact) mass is 101 g/mol. The Morgan fingerprint density at radius 3 is 2.43 bits per heavy atom. The molecule has 0 aromatic rings. The average Bonchev–Trinajstić information content (AvgIpc) is 1.61. The van der Waals surface area contributed by atoms with Gasteiger partial charge in [0.2, 0.25) is 0 Å². The molecular weight excluding hydrogens is 86.1 g/mol. The molecule has 0 amide bonds. The number of nitrogens with zero attached hydrogens (tertiary/aromatic N) is 1. The van der Waals surface area contributed by atoms with Crippen LogP contribution in [0.3, 0.4) is 0 Å². The van der Waals surface area contributed by atoms with E-state index in [2.05, 4.69) is 25.6 Å². The highest BCUT2D eigenvalue weighted by molar-refractivity contribution is 4.66. The van der Waals surface area contributed by atoms with E-state index in [1.54, 1.807) is 0 Å². The lowest BCUT2D eigenvalue weighted by molar-refractivity contribution is 0.417. The van der Waals surface area contributed by atoms with Gasteiger partial charge in [-0.05, 0) is 20.5 Å². The van der Waals surface area contributed by atoms with E-state index < -0.39 is 0 Å². The summed E-state index contributed by atoms with van der Waals surface area (Å²) >= 11 is 0. The van der Waals surface area contributed by atoms with Crippen LogP contribution in [-0.2, 0) is 0 Å². The van der Waals surface area contributed by atoms with Gasteiger partial charge in [-0.25, -0.2) is 0 Å². The van der Waals surface area contributed by atoms with E-state index in [9.17, 15) is 0 Å². The topological polar surface area (TPSA) is 3.24 Å². The van der Waals surface area contributed by atoms with Gasteiger partial charge in [-0.15, -0.1) is 6.58 Å². The molecule has 0 aliphatic heterocycles. The summed E-state index contributed by atoms with van der Waals surface area (Å²) in [6.07, 6.45) is 3.02. The highest BCUT2D eigenvalue weighted by atomic mass is 15.0. The molecule has 1 nitrogen and oxygen atoms in total. The van der Waals surface area contributed by atoms with E-state index in [0.717, 1.165) is 13.0 Å². The first-order valence-corrected chi connectivity index (χ1v) is 2.53. The molecule has 7 heavy (non-hydrogen) atoms. The van der Waals surface area contributed by atoms with Crippen LogP contribution in [0.15, 0.2) is 12.7 Å². The maximum atomic E-state index is 3.61. The van der Waals surface area contributed by atoms with Crippen LogP contribution >= 0.6 is 0 Å². The molecule has 0 bridgehead atoms. The molecule has 0 aromatic heterocycles. The van der Waals surface area contributed by atoms with Gasteiger partial charge in [-0.1, -0.05) is 6.08 Å². The van der Waals surface area contributed by atoms with E-state index in [1.807, 2.05) is 6.08 Å². The van der Waals surface area contributed by atoms with Gasteiger partial charge in [0.15, 0.2) is 0 Å². The molecule has 0 aromatic carbocycles. The summed E-state index contributed by atoms with van der Waals surface area (Å²) in [6, 6.07) is 0. The van der Waals surface area contributed by atoms with Crippen molar-refractivity contribution in [2.24, 2.45) is 0 Å². The molecule has 0 aliphatic carbocycles. The fourth-order valence-electron chi connectivity index (χ4n) is 0.349. The minimum atomic E-state index is 0. The number of rotatable bonds is 3. The van der Waals surface area contributed by atoms with Crippen LogP contribution < -0.4 is 0 Å². The van der Waals surface area contributed by atoms with Crippen LogP contribution in [0.5, 0.6) is 0 Å². The van der Waals surface area contributed by atoms with Gasteiger partial charge in [0.25, 0.3) is 0 Å². The molecule has 0 saturated heterocycles. The standard InChI is InChI=1S/C6H13N.H2/c1-4-5-6-7(2)3;/h4H,1,5-6H2,2-3H3;1H. The predicted molar refractivity (Wildman–Crippen MR) is 35.5 cm³/mol. The number of hydrogen-bond donors (Lipinski definition) is 0. The van der Waals surface area contributed by atoms with Gasteiger partial charge >= 0.3 is 0 Å². The lowest BCUT2D eigenvalue weighted by Crippen LogP contribution is -2.11. The third-order valence-corrected chi connectivity index (χ3v) is 0.780. The zero-order chi connectivity index (χ0) is 5.70. The van der Waals surface area contributed by atoms with E-state index in [1.165, 1.54) is 0 Å². The lowest BCUT2D eigenvalue weighted by atomic mass is 10.4. The van der Waals surface area contributed by atoms with Crippen LogP contribution in [0.4, 0.5) is 0 Å². The highest BCUT2D eigenvalue weighted by Crippen LogP contribution is 1.80. The molecule has 0 unspecified atom stereocenters.